The molecule has 1 aromatic carbocycles. The molecule has 1 aliphatic heterocycles. The Morgan fingerprint density at radius 1 is 1.14 bits per heavy atom. The lowest BCUT2D eigenvalue weighted by molar-refractivity contribution is 0.0407. The highest BCUT2D eigenvalue weighted by Gasteiger charge is 2.19. The molecule has 1 fully saturated rings. The van der Waals surface area contributed by atoms with E-state index in [4.69, 9.17) is 10.5 Å². The minimum atomic E-state index is 0.469. The van der Waals surface area contributed by atoms with Crippen LogP contribution in [0.1, 0.15) is 24.2 Å². The minimum absolute atomic E-state index is 0.469. The number of pyridine rings is 1. The monoisotopic (exact) mass is 390 g/mol. The Hall–Kier alpha value is -2.90. The van der Waals surface area contributed by atoms with Gasteiger partial charge in [-0.05, 0) is 50.6 Å². The summed E-state index contributed by atoms with van der Waals surface area (Å²) in [6.45, 7) is 4.59. The van der Waals surface area contributed by atoms with E-state index in [1.165, 1.54) is 10.9 Å². The highest BCUT2D eigenvalue weighted by Crippen LogP contribution is 2.31. The highest BCUT2D eigenvalue weighted by molar-refractivity contribution is 5.95. The number of hydrogen-bond acceptors (Lipinski definition) is 5. The van der Waals surface area contributed by atoms with Gasteiger partial charge in [0.05, 0.1) is 5.52 Å². The lowest BCUT2D eigenvalue weighted by Gasteiger charge is -2.31. The molecule has 0 spiro atoms. The van der Waals surface area contributed by atoms with Crippen molar-refractivity contribution in [3.63, 3.8) is 0 Å². The zero-order valence-corrected chi connectivity index (χ0v) is 16.8. The maximum atomic E-state index is 6.02. The van der Waals surface area contributed by atoms with E-state index in [9.17, 15) is 0 Å². The van der Waals surface area contributed by atoms with Crippen molar-refractivity contribution in [1.82, 2.24) is 24.8 Å². The predicted molar refractivity (Wildman–Crippen MR) is 116 cm³/mol. The summed E-state index contributed by atoms with van der Waals surface area (Å²) in [5.74, 6) is 1.30. The van der Waals surface area contributed by atoms with Crippen LogP contribution >= 0.6 is 0 Å². The number of aromatic amines is 2. The molecule has 1 aliphatic rings. The summed E-state index contributed by atoms with van der Waals surface area (Å²) in [7, 11) is 2.21. The second-order valence-electron chi connectivity index (χ2n) is 7.98. The normalized spacial score (nSPS) is 15.7. The number of rotatable bonds is 4. The Labute approximate surface area is 169 Å². The van der Waals surface area contributed by atoms with Crippen molar-refractivity contribution in [1.29, 1.82) is 0 Å². The van der Waals surface area contributed by atoms with E-state index in [-0.39, 0.29) is 0 Å². The molecular formula is C22H26N6O. The summed E-state index contributed by atoms with van der Waals surface area (Å²) < 4.78 is 5.49. The number of H-pyrrole nitrogens is 2. The zero-order chi connectivity index (χ0) is 20.0. The molecular weight excluding hydrogens is 364 g/mol. The Bertz CT molecular complexity index is 1170. The van der Waals surface area contributed by atoms with Gasteiger partial charge in [-0.2, -0.15) is 0 Å². The van der Waals surface area contributed by atoms with E-state index >= 15 is 0 Å². The first-order valence-electron chi connectivity index (χ1n) is 10.1. The van der Waals surface area contributed by atoms with Gasteiger partial charge in [0.1, 0.15) is 11.6 Å². The van der Waals surface area contributed by atoms with Crippen LogP contribution in [0.25, 0.3) is 33.3 Å². The van der Waals surface area contributed by atoms with Crippen LogP contribution in [0.3, 0.4) is 0 Å². The summed E-state index contributed by atoms with van der Waals surface area (Å²) in [6, 6.07) is 11.3. The molecule has 5 rings (SSSR count). The molecule has 150 valence electrons. The topological polar surface area (TPSA) is 95.8 Å². The van der Waals surface area contributed by atoms with Gasteiger partial charge in [-0.25, -0.2) is 9.97 Å². The van der Waals surface area contributed by atoms with Gasteiger partial charge < -0.3 is 20.4 Å². The lowest BCUT2D eigenvalue weighted by Crippen LogP contribution is -2.36. The third kappa shape index (κ3) is 3.47. The van der Waals surface area contributed by atoms with Gasteiger partial charge in [0.2, 0.25) is 0 Å². The van der Waals surface area contributed by atoms with Crippen molar-refractivity contribution in [2.45, 2.75) is 32.4 Å². The number of nitrogens with two attached hydrogens (primary N) is 1. The Kier molecular flexibility index (Phi) is 4.49. The number of hydrogen-bond donors (Lipinski definition) is 3. The van der Waals surface area contributed by atoms with E-state index in [1.807, 2.05) is 13.0 Å². The number of fused-ring (bicyclic) bond motifs is 2. The zero-order valence-electron chi connectivity index (χ0n) is 16.8. The number of aryl methyl sites for hydroxylation is 1. The van der Waals surface area contributed by atoms with Crippen LogP contribution in [-0.4, -0.2) is 51.1 Å². The molecule has 1 saturated heterocycles. The molecule has 3 aromatic heterocycles. The molecule has 29 heavy (non-hydrogen) atoms. The van der Waals surface area contributed by atoms with Crippen LogP contribution < -0.4 is 5.73 Å². The van der Waals surface area contributed by atoms with E-state index in [0.29, 0.717) is 17.5 Å². The number of aromatic nitrogens is 4. The molecule has 4 N–H and O–H groups in total. The Balaban J connectivity index is 1.47. The number of nitrogen functional groups attached to an aromatic ring is 1. The highest BCUT2D eigenvalue weighted by atomic mass is 16.5. The molecule has 0 atom stereocenters. The van der Waals surface area contributed by atoms with E-state index in [1.54, 1.807) is 0 Å². The van der Waals surface area contributed by atoms with E-state index in [2.05, 4.69) is 56.1 Å². The molecule has 4 aromatic rings. The third-order valence-electron chi connectivity index (χ3n) is 5.82. The van der Waals surface area contributed by atoms with Crippen molar-refractivity contribution in [2.75, 3.05) is 26.0 Å². The summed E-state index contributed by atoms with van der Waals surface area (Å²) in [5.41, 5.74) is 12.0. The van der Waals surface area contributed by atoms with Crippen LogP contribution in [-0.2, 0) is 11.3 Å². The quantitative estimate of drug-likeness (QED) is 0.495. The van der Waals surface area contributed by atoms with Gasteiger partial charge in [0.25, 0.3) is 0 Å². The first-order chi connectivity index (χ1) is 14.1. The summed E-state index contributed by atoms with van der Waals surface area (Å²) in [4.78, 5) is 18.1. The second-order valence-corrected chi connectivity index (χ2v) is 7.98. The maximum Gasteiger partial charge on any atom is 0.180 e. The molecule has 7 heteroatoms. The van der Waals surface area contributed by atoms with Crippen molar-refractivity contribution in [3.05, 3.63) is 41.7 Å². The predicted octanol–water partition coefficient (Wildman–Crippen LogP) is 3.61. The smallest absolute Gasteiger partial charge is 0.180 e. The molecule has 0 bridgehead atoms. The van der Waals surface area contributed by atoms with Crippen LogP contribution in [0.15, 0.2) is 30.3 Å². The van der Waals surface area contributed by atoms with Gasteiger partial charge in [-0.15, -0.1) is 0 Å². The number of anilines is 1. The van der Waals surface area contributed by atoms with Crippen LogP contribution in [0.2, 0.25) is 0 Å². The first-order valence-corrected chi connectivity index (χ1v) is 10.1. The molecule has 0 radical (unpaired) electrons. The fourth-order valence-corrected chi connectivity index (χ4v) is 4.30. The van der Waals surface area contributed by atoms with Gasteiger partial charge >= 0.3 is 0 Å². The number of nitrogens with zero attached hydrogens (tertiary/aromatic N) is 3. The summed E-state index contributed by atoms with van der Waals surface area (Å²) in [6.07, 6.45) is 2.21. The maximum absolute atomic E-state index is 6.02. The molecule has 0 unspecified atom stereocenters. The van der Waals surface area contributed by atoms with Gasteiger partial charge in [0, 0.05) is 48.0 Å². The number of imidazole rings is 1. The number of ether oxygens (including phenoxy) is 1. The third-order valence-corrected chi connectivity index (χ3v) is 5.82. The fourth-order valence-electron chi connectivity index (χ4n) is 4.30. The number of benzene rings is 1. The van der Waals surface area contributed by atoms with Gasteiger partial charge in [-0.1, -0.05) is 12.1 Å². The SMILES string of the molecule is Cc1nc2nc(N)cc(-c3cc4ccc(CN(C)C5CCOCC5)cc4[nH]3)c2[nH]1. The average Bonchev–Trinajstić information content (AvgIpc) is 3.30. The molecule has 0 aliphatic carbocycles. The number of nitrogens with one attached hydrogen (secondary N) is 2. The first kappa shape index (κ1) is 18.1. The summed E-state index contributed by atoms with van der Waals surface area (Å²) in [5, 5.41) is 1.18. The van der Waals surface area contributed by atoms with E-state index < -0.39 is 0 Å². The Morgan fingerprint density at radius 2 is 1.97 bits per heavy atom. The van der Waals surface area contributed by atoms with Crippen molar-refractivity contribution >= 4 is 27.9 Å². The fraction of sp³-hybridized carbons (Fsp3) is 0.364. The van der Waals surface area contributed by atoms with E-state index in [0.717, 1.165) is 60.7 Å². The average molecular weight is 390 g/mol. The second kappa shape index (κ2) is 7.17. The summed E-state index contributed by atoms with van der Waals surface area (Å²) >= 11 is 0. The largest absolute Gasteiger partial charge is 0.384 e. The van der Waals surface area contributed by atoms with Crippen LogP contribution in [0.4, 0.5) is 5.82 Å². The van der Waals surface area contributed by atoms with Gasteiger partial charge in [-0.3, -0.25) is 4.90 Å². The molecule has 0 amide bonds. The van der Waals surface area contributed by atoms with Crippen molar-refractivity contribution < 1.29 is 4.74 Å². The van der Waals surface area contributed by atoms with Crippen LogP contribution in [0.5, 0.6) is 0 Å². The lowest BCUT2D eigenvalue weighted by atomic mass is 10.1. The molecule has 7 nitrogen and oxygen atoms in total. The standard InChI is InChI=1S/C22H26N6O/c1-13-24-21-17(11-20(23)27-22(21)25-13)19-10-15-4-3-14(9-18(15)26-19)12-28(2)16-5-7-29-8-6-16/h3-4,9-11,16,26H,5-8,12H2,1-2H3,(H3,23,24,25,27). The molecule has 0 saturated carbocycles. The molecule has 4 heterocycles. The van der Waals surface area contributed by atoms with Crippen molar-refractivity contribution in [2.24, 2.45) is 0 Å². The Morgan fingerprint density at radius 3 is 2.79 bits per heavy atom. The van der Waals surface area contributed by atoms with Gasteiger partial charge in [0.15, 0.2) is 5.65 Å². The minimum Gasteiger partial charge on any atom is -0.384 e. The van der Waals surface area contributed by atoms with Crippen molar-refractivity contribution in [3.8, 4) is 11.3 Å². The van der Waals surface area contributed by atoms with Crippen LogP contribution in [0, 0.1) is 6.92 Å².